The summed E-state index contributed by atoms with van der Waals surface area (Å²) in [6, 6.07) is 5.53. The molecule has 0 spiro atoms. The Hall–Kier alpha value is -1.27. The molecule has 4 nitrogen and oxygen atoms in total. The number of nitrogen functional groups attached to an aromatic ring is 1. The molecule has 4 N–H and O–H groups in total. The van der Waals surface area contributed by atoms with E-state index in [0.717, 1.165) is 24.1 Å². The van der Waals surface area contributed by atoms with E-state index >= 15 is 0 Å². The van der Waals surface area contributed by atoms with E-state index in [1.165, 1.54) is 0 Å². The maximum atomic E-state index is 10.3. The fourth-order valence-electron chi connectivity index (χ4n) is 1.98. The molecule has 0 saturated carbocycles. The summed E-state index contributed by atoms with van der Waals surface area (Å²) in [4.78, 5) is 10.3. The number of amidine groups is 1. The molecule has 1 aromatic rings. The highest BCUT2D eigenvalue weighted by Crippen LogP contribution is 2.39. The molecule has 0 heterocycles. The molecular formula is C15H27BN2O2Si. The lowest BCUT2D eigenvalue weighted by Gasteiger charge is -2.35. The highest BCUT2D eigenvalue weighted by molar-refractivity contribution is 6.72. The van der Waals surface area contributed by atoms with Crippen molar-refractivity contribution >= 4 is 27.5 Å². The van der Waals surface area contributed by atoms with E-state index in [1.807, 2.05) is 33.1 Å². The third-order valence-electron chi connectivity index (χ3n) is 4.35. The van der Waals surface area contributed by atoms with Crippen molar-refractivity contribution in [2.45, 2.75) is 44.8 Å². The number of hydrogen-bond donors (Lipinski definition) is 3. The summed E-state index contributed by atoms with van der Waals surface area (Å²) in [7, 11) is -0.184. The zero-order valence-electron chi connectivity index (χ0n) is 13.8. The van der Waals surface area contributed by atoms with Gasteiger partial charge < -0.3 is 15.3 Å². The van der Waals surface area contributed by atoms with Crippen LogP contribution in [0.25, 0.3) is 0 Å². The Morgan fingerprint density at radius 1 is 1.43 bits per heavy atom. The van der Waals surface area contributed by atoms with Crippen LogP contribution >= 0.6 is 0 Å². The number of benzene rings is 1. The molecular weight excluding hydrogens is 279 g/mol. The molecule has 0 aliphatic rings. The predicted octanol–water partition coefficient (Wildman–Crippen LogP) is 1.37. The van der Waals surface area contributed by atoms with Gasteiger partial charge in [-0.1, -0.05) is 19.9 Å². The van der Waals surface area contributed by atoms with Crippen molar-refractivity contribution in [2.24, 2.45) is 5.73 Å². The lowest BCUT2D eigenvalue weighted by Crippen LogP contribution is -2.39. The van der Waals surface area contributed by atoms with Crippen LogP contribution in [-0.4, -0.2) is 33.4 Å². The van der Waals surface area contributed by atoms with Crippen molar-refractivity contribution in [3.63, 3.8) is 0 Å². The second-order valence-electron chi connectivity index (χ2n) is 6.79. The Kier molecular flexibility index (Phi) is 5.64. The van der Waals surface area contributed by atoms with Crippen molar-refractivity contribution in [2.75, 3.05) is 6.61 Å². The minimum Gasteiger partial charge on any atom is -0.494 e. The van der Waals surface area contributed by atoms with Crippen molar-refractivity contribution < 1.29 is 9.53 Å². The summed E-state index contributed by atoms with van der Waals surface area (Å²) < 4.78 is 5.80. The Balaban J connectivity index is 2.52. The maximum absolute atomic E-state index is 10.3. The van der Waals surface area contributed by atoms with Gasteiger partial charge in [0.25, 0.3) is 0 Å². The topological polar surface area (TPSA) is 79.3 Å². The third-order valence-corrected chi connectivity index (χ3v) is 7.91. The van der Waals surface area contributed by atoms with E-state index in [-0.39, 0.29) is 10.9 Å². The van der Waals surface area contributed by atoms with E-state index in [4.69, 9.17) is 15.9 Å². The van der Waals surface area contributed by atoms with Gasteiger partial charge in [0, 0.05) is 5.56 Å². The first-order valence-corrected chi connectivity index (χ1v) is 10.3. The minimum absolute atomic E-state index is 0.0100. The quantitative estimate of drug-likeness (QED) is 0.308. The summed E-state index contributed by atoms with van der Waals surface area (Å²) in [6.45, 7) is 8.86. The molecule has 0 unspecified atom stereocenters. The van der Waals surface area contributed by atoms with Crippen LogP contribution in [0.3, 0.4) is 0 Å². The van der Waals surface area contributed by atoms with Crippen LogP contribution in [0.2, 0.25) is 18.1 Å². The van der Waals surface area contributed by atoms with Gasteiger partial charge in [0.1, 0.15) is 19.4 Å². The fraction of sp³-hybridized carbons (Fsp3) is 0.533. The van der Waals surface area contributed by atoms with Gasteiger partial charge in [-0.25, -0.2) is 0 Å². The molecule has 6 heteroatoms. The lowest BCUT2D eigenvalue weighted by atomic mass is 9.93. The van der Waals surface area contributed by atoms with Crippen molar-refractivity contribution in [3.05, 3.63) is 23.8 Å². The second-order valence-corrected chi connectivity index (χ2v) is 11.3. The molecule has 21 heavy (non-hydrogen) atoms. The molecule has 1 rings (SSSR count). The molecule has 116 valence electrons. The zero-order chi connectivity index (χ0) is 16.3. The predicted molar refractivity (Wildman–Crippen MR) is 94.1 cm³/mol. The van der Waals surface area contributed by atoms with Gasteiger partial charge in [0.15, 0.2) is 8.32 Å². The normalized spacial score (nSPS) is 12.2. The van der Waals surface area contributed by atoms with Crippen LogP contribution in [0.1, 0.15) is 32.3 Å². The third kappa shape index (κ3) is 4.89. The SMILES string of the molecule is Bc1cc(C(=N)N)ccc1OCCCC(C)(C)[Si](C)(C)O. The molecule has 0 fully saturated rings. The smallest absolute Gasteiger partial charge is 0.188 e. The summed E-state index contributed by atoms with van der Waals surface area (Å²) in [5.74, 6) is 0.903. The lowest BCUT2D eigenvalue weighted by molar-refractivity contribution is 0.296. The number of ether oxygens (including phenoxy) is 1. The van der Waals surface area contributed by atoms with Crippen molar-refractivity contribution in [1.82, 2.24) is 0 Å². The van der Waals surface area contributed by atoms with E-state index in [2.05, 4.69) is 13.8 Å². The Bertz CT molecular complexity index is 513. The molecule has 0 radical (unpaired) electrons. The molecule has 0 aromatic heterocycles. The summed E-state index contributed by atoms with van der Waals surface area (Å²) in [6.07, 6.45) is 1.87. The average Bonchev–Trinajstić information content (AvgIpc) is 2.34. The first kappa shape index (κ1) is 17.8. The van der Waals surface area contributed by atoms with Gasteiger partial charge in [-0.3, -0.25) is 5.41 Å². The van der Waals surface area contributed by atoms with Gasteiger partial charge in [-0.2, -0.15) is 0 Å². The van der Waals surface area contributed by atoms with Crippen molar-refractivity contribution in [1.29, 1.82) is 5.41 Å². The Morgan fingerprint density at radius 3 is 2.52 bits per heavy atom. The van der Waals surface area contributed by atoms with Gasteiger partial charge in [-0.15, -0.1) is 0 Å². The molecule has 0 atom stereocenters. The van der Waals surface area contributed by atoms with E-state index in [0.29, 0.717) is 12.2 Å². The largest absolute Gasteiger partial charge is 0.494 e. The molecule has 0 bridgehead atoms. The van der Waals surface area contributed by atoms with Crippen LogP contribution in [0.15, 0.2) is 18.2 Å². The van der Waals surface area contributed by atoms with Crippen LogP contribution in [0.5, 0.6) is 5.75 Å². The number of nitrogens with one attached hydrogen (secondary N) is 1. The zero-order valence-corrected chi connectivity index (χ0v) is 14.8. The first-order chi connectivity index (χ1) is 9.54. The first-order valence-electron chi connectivity index (χ1n) is 7.35. The molecule has 1 aromatic carbocycles. The summed E-state index contributed by atoms with van der Waals surface area (Å²) >= 11 is 0. The van der Waals surface area contributed by atoms with Gasteiger partial charge in [-0.05, 0) is 48.6 Å². The van der Waals surface area contributed by atoms with Crippen LogP contribution < -0.4 is 15.9 Å². The second kappa shape index (κ2) is 6.66. The monoisotopic (exact) mass is 306 g/mol. The fourth-order valence-corrected chi connectivity index (χ4v) is 2.77. The van der Waals surface area contributed by atoms with Gasteiger partial charge >= 0.3 is 0 Å². The number of hydrogen-bond acceptors (Lipinski definition) is 3. The van der Waals surface area contributed by atoms with Gasteiger partial charge in [0.05, 0.1) is 6.61 Å². The molecule has 0 saturated heterocycles. The maximum Gasteiger partial charge on any atom is 0.188 e. The van der Waals surface area contributed by atoms with Crippen molar-refractivity contribution in [3.8, 4) is 5.75 Å². The molecule has 0 aliphatic carbocycles. The Morgan fingerprint density at radius 2 is 2.05 bits per heavy atom. The van der Waals surface area contributed by atoms with Crippen LogP contribution in [0.4, 0.5) is 0 Å². The summed E-state index contributed by atoms with van der Waals surface area (Å²) in [5.41, 5.74) is 7.17. The standard InChI is InChI=1S/C15H27BN2O2Si/c1-15(2,21(3,4)19)8-5-9-20-13-7-6-11(14(17)18)10-12(13)16/h6-7,10,19H,5,8-9,16H2,1-4H3,(H3,17,18). The summed E-state index contributed by atoms with van der Waals surface area (Å²) in [5, 5.41) is 7.40. The van der Waals surface area contributed by atoms with E-state index in [9.17, 15) is 4.80 Å². The van der Waals surface area contributed by atoms with E-state index < -0.39 is 8.32 Å². The molecule has 0 aliphatic heterocycles. The van der Waals surface area contributed by atoms with Gasteiger partial charge in [0.2, 0.25) is 0 Å². The number of rotatable bonds is 7. The average molecular weight is 306 g/mol. The van der Waals surface area contributed by atoms with Crippen LogP contribution in [0, 0.1) is 5.41 Å². The highest BCUT2D eigenvalue weighted by atomic mass is 28.4. The highest BCUT2D eigenvalue weighted by Gasteiger charge is 2.37. The Labute approximate surface area is 129 Å². The van der Waals surface area contributed by atoms with Crippen LogP contribution in [-0.2, 0) is 0 Å². The number of nitrogens with two attached hydrogens (primary N) is 1. The molecule has 0 amide bonds. The minimum atomic E-state index is -2.14. The van der Waals surface area contributed by atoms with E-state index in [1.54, 1.807) is 6.07 Å².